The van der Waals surface area contributed by atoms with Crippen molar-refractivity contribution in [2.45, 2.75) is 0 Å². The number of hydrogen-bond donors (Lipinski definition) is 2. The van der Waals surface area contributed by atoms with E-state index in [2.05, 4.69) is 20.7 Å². The van der Waals surface area contributed by atoms with Gasteiger partial charge in [0.05, 0.1) is 12.6 Å². The fraction of sp³-hybridized carbons (Fsp3) is 0.111. The van der Waals surface area contributed by atoms with Gasteiger partial charge in [0.15, 0.2) is 0 Å². The van der Waals surface area contributed by atoms with E-state index >= 15 is 0 Å². The lowest BCUT2D eigenvalue weighted by molar-refractivity contribution is 0.102. The van der Waals surface area contributed by atoms with Crippen LogP contribution < -0.4 is 5.32 Å². The summed E-state index contributed by atoms with van der Waals surface area (Å²) in [5, 5.41) is 22.0. The Morgan fingerprint density at radius 1 is 1.53 bits per heavy atom. The van der Waals surface area contributed by atoms with Crippen LogP contribution >= 0.6 is 0 Å². The van der Waals surface area contributed by atoms with E-state index in [1.165, 1.54) is 13.1 Å². The van der Waals surface area contributed by atoms with Gasteiger partial charge < -0.3 is 5.11 Å². The molecule has 7 nitrogen and oxygen atoms in total. The minimum atomic E-state index is -0.827. The van der Waals surface area contributed by atoms with E-state index in [1.807, 2.05) is 0 Å². The Morgan fingerprint density at radius 3 is 2.88 bits per heavy atom. The summed E-state index contributed by atoms with van der Waals surface area (Å²) in [7, 11) is 1.53. The third-order valence-corrected chi connectivity index (χ3v) is 1.93. The predicted molar refractivity (Wildman–Crippen MR) is 54.8 cm³/mol. The van der Waals surface area contributed by atoms with E-state index in [1.54, 1.807) is 0 Å². The number of anilines is 1. The van der Waals surface area contributed by atoms with Crippen LogP contribution in [0, 0.1) is 5.82 Å². The van der Waals surface area contributed by atoms with Gasteiger partial charge in [0, 0.05) is 6.07 Å². The molecule has 1 amide bonds. The van der Waals surface area contributed by atoms with Crippen LogP contribution in [0.4, 0.5) is 10.3 Å². The molecule has 0 atom stereocenters. The summed E-state index contributed by atoms with van der Waals surface area (Å²) in [6.07, 6.45) is 0. The van der Waals surface area contributed by atoms with Gasteiger partial charge in [-0.3, -0.25) is 10.1 Å². The molecule has 1 aromatic heterocycles. The molecule has 0 bridgehead atoms. The Hall–Kier alpha value is -2.51. The number of carbonyl (C=O) groups excluding carboxylic acids is 1. The third kappa shape index (κ3) is 2.36. The number of amides is 1. The highest BCUT2D eigenvalue weighted by molar-refractivity contribution is 6.03. The Kier molecular flexibility index (Phi) is 2.69. The number of aromatic nitrogens is 4. The van der Waals surface area contributed by atoms with E-state index < -0.39 is 11.7 Å². The summed E-state index contributed by atoms with van der Waals surface area (Å²) >= 11 is 0. The molecule has 0 aliphatic carbocycles. The maximum Gasteiger partial charge on any atom is 0.270 e. The molecular weight excluding hydrogens is 229 g/mol. The molecular formula is C9H8FN5O2. The molecule has 0 saturated carbocycles. The van der Waals surface area contributed by atoms with Crippen molar-refractivity contribution in [3.63, 3.8) is 0 Å². The lowest BCUT2D eigenvalue weighted by Gasteiger charge is -2.02. The first-order chi connectivity index (χ1) is 8.06. The molecule has 0 aliphatic heterocycles. The molecule has 0 fully saturated rings. The second kappa shape index (κ2) is 4.16. The van der Waals surface area contributed by atoms with Crippen molar-refractivity contribution < 1.29 is 14.3 Å². The third-order valence-electron chi connectivity index (χ3n) is 1.93. The molecule has 1 heterocycles. The van der Waals surface area contributed by atoms with Crippen molar-refractivity contribution in [2.24, 2.45) is 7.05 Å². The van der Waals surface area contributed by atoms with Gasteiger partial charge >= 0.3 is 0 Å². The zero-order valence-corrected chi connectivity index (χ0v) is 8.75. The van der Waals surface area contributed by atoms with Crippen LogP contribution in [0.5, 0.6) is 5.75 Å². The Morgan fingerprint density at radius 2 is 2.29 bits per heavy atom. The van der Waals surface area contributed by atoms with Gasteiger partial charge in [0.2, 0.25) is 0 Å². The van der Waals surface area contributed by atoms with Crippen LogP contribution in [-0.2, 0) is 7.05 Å². The molecule has 8 heteroatoms. The number of rotatable bonds is 2. The summed E-state index contributed by atoms with van der Waals surface area (Å²) in [6, 6.07) is 3.22. The van der Waals surface area contributed by atoms with Crippen LogP contribution in [0.1, 0.15) is 10.4 Å². The topological polar surface area (TPSA) is 92.9 Å². The lowest BCUT2D eigenvalue weighted by atomic mass is 10.2. The van der Waals surface area contributed by atoms with Crippen molar-refractivity contribution in [3.05, 3.63) is 29.6 Å². The largest absolute Gasteiger partial charge is 0.508 e. The highest BCUT2D eigenvalue weighted by Crippen LogP contribution is 2.15. The molecule has 17 heavy (non-hydrogen) atoms. The van der Waals surface area contributed by atoms with Gasteiger partial charge in [-0.1, -0.05) is 5.10 Å². The van der Waals surface area contributed by atoms with Gasteiger partial charge in [-0.15, -0.1) is 5.10 Å². The second-order valence-electron chi connectivity index (χ2n) is 3.22. The van der Waals surface area contributed by atoms with Crippen molar-refractivity contribution in [1.29, 1.82) is 0 Å². The highest BCUT2D eigenvalue weighted by atomic mass is 19.1. The fourth-order valence-corrected chi connectivity index (χ4v) is 1.19. The number of carbonyl (C=O) groups is 1. The molecule has 2 aromatic rings. The van der Waals surface area contributed by atoms with Crippen molar-refractivity contribution >= 4 is 11.9 Å². The molecule has 88 valence electrons. The Bertz CT molecular complexity index is 568. The second-order valence-corrected chi connectivity index (χ2v) is 3.22. The molecule has 0 unspecified atom stereocenters. The number of halogens is 1. The van der Waals surface area contributed by atoms with Gasteiger partial charge in [-0.2, -0.15) is 4.80 Å². The van der Waals surface area contributed by atoms with E-state index in [9.17, 15) is 9.18 Å². The predicted octanol–water partition coefficient (Wildman–Crippen LogP) is 0.307. The van der Waals surface area contributed by atoms with Gasteiger partial charge in [0.25, 0.3) is 11.9 Å². The molecule has 0 radical (unpaired) electrons. The molecule has 0 aliphatic rings. The summed E-state index contributed by atoms with van der Waals surface area (Å²) in [6.45, 7) is 0. The molecule has 2 N–H and O–H groups in total. The van der Waals surface area contributed by atoms with Crippen LogP contribution in [0.3, 0.4) is 0 Å². The first-order valence-electron chi connectivity index (χ1n) is 4.60. The number of phenolic OH excluding ortho intramolecular Hbond substituents is 1. The number of benzene rings is 1. The Balaban J connectivity index is 2.20. The molecule has 1 aromatic carbocycles. The van der Waals surface area contributed by atoms with Crippen LogP contribution in [0.25, 0.3) is 0 Å². The number of nitrogens with one attached hydrogen (secondary N) is 1. The SMILES string of the molecule is Cn1nnc(NC(=O)c2ccc(O)cc2F)n1. The van der Waals surface area contributed by atoms with Gasteiger partial charge in [-0.05, 0) is 17.3 Å². The summed E-state index contributed by atoms with van der Waals surface area (Å²) in [4.78, 5) is 12.8. The number of hydrogen-bond acceptors (Lipinski definition) is 5. The summed E-state index contributed by atoms with van der Waals surface area (Å²) in [5.74, 6) is -1.82. The molecule has 0 spiro atoms. The maximum atomic E-state index is 13.3. The number of aromatic hydroxyl groups is 1. The van der Waals surface area contributed by atoms with Crippen molar-refractivity contribution in [3.8, 4) is 5.75 Å². The average molecular weight is 237 g/mol. The first-order valence-corrected chi connectivity index (χ1v) is 4.60. The quantitative estimate of drug-likeness (QED) is 0.783. The first kappa shape index (κ1) is 11.0. The smallest absolute Gasteiger partial charge is 0.270 e. The van der Waals surface area contributed by atoms with Crippen molar-refractivity contribution in [1.82, 2.24) is 20.2 Å². The zero-order chi connectivity index (χ0) is 12.4. The number of aryl methyl sites for hydroxylation is 1. The Labute approximate surface area is 94.9 Å². The number of phenols is 1. The van der Waals surface area contributed by atoms with E-state index in [0.29, 0.717) is 0 Å². The highest BCUT2D eigenvalue weighted by Gasteiger charge is 2.14. The monoisotopic (exact) mass is 237 g/mol. The fourth-order valence-electron chi connectivity index (χ4n) is 1.19. The lowest BCUT2D eigenvalue weighted by Crippen LogP contribution is -2.14. The van der Waals surface area contributed by atoms with Crippen molar-refractivity contribution in [2.75, 3.05) is 5.32 Å². The minimum absolute atomic E-state index is 0.0232. The average Bonchev–Trinajstić information content (AvgIpc) is 2.63. The minimum Gasteiger partial charge on any atom is -0.508 e. The number of tetrazole rings is 1. The summed E-state index contributed by atoms with van der Waals surface area (Å²) in [5.41, 5.74) is -0.213. The zero-order valence-electron chi connectivity index (χ0n) is 8.75. The van der Waals surface area contributed by atoms with Gasteiger partial charge in [0.1, 0.15) is 11.6 Å². The van der Waals surface area contributed by atoms with E-state index in [4.69, 9.17) is 5.11 Å². The number of nitrogens with zero attached hydrogens (tertiary/aromatic N) is 4. The normalized spacial score (nSPS) is 10.2. The molecule has 2 rings (SSSR count). The van der Waals surface area contributed by atoms with E-state index in [0.717, 1.165) is 16.9 Å². The van der Waals surface area contributed by atoms with Gasteiger partial charge in [-0.25, -0.2) is 4.39 Å². The van der Waals surface area contributed by atoms with Crippen LogP contribution in [0.15, 0.2) is 18.2 Å². The van der Waals surface area contributed by atoms with Crippen LogP contribution in [0.2, 0.25) is 0 Å². The van der Waals surface area contributed by atoms with Crippen LogP contribution in [-0.4, -0.2) is 31.2 Å². The summed E-state index contributed by atoms with van der Waals surface area (Å²) < 4.78 is 13.3. The maximum absolute atomic E-state index is 13.3. The standard InChI is InChI=1S/C9H8FN5O2/c1-15-13-9(12-14-15)11-8(17)6-3-2-5(16)4-7(6)10/h2-4,16H,1H3,(H,11,13,17). The van der Waals surface area contributed by atoms with E-state index in [-0.39, 0.29) is 17.3 Å². The molecule has 0 saturated heterocycles.